The summed E-state index contributed by atoms with van der Waals surface area (Å²) in [6, 6.07) is 0. The molecule has 0 rings (SSSR count). The number of carbonyl (C=O) groups excluding carboxylic acids is 2. The van der Waals surface area contributed by atoms with E-state index < -0.39 is 23.3 Å². The van der Waals surface area contributed by atoms with E-state index in [2.05, 4.69) is 0 Å². The summed E-state index contributed by atoms with van der Waals surface area (Å²) in [5.41, 5.74) is -1.83. The SMILES string of the molecule is O=CN/C(C(=O)O)=C(\NC=O)C(=O)O. The summed E-state index contributed by atoms with van der Waals surface area (Å²) in [7, 11) is 0. The molecule has 8 heteroatoms. The van der Waals surface area contributed by atoms with Crippen LogP contribution in [0.1, 0.15) is 0 Å². The van der Waals surface area contributed by atoms with Crippen molar-refractivity contribution >= 4 is 24.8 Å². The molecule has 0 radical (unpaired) electrons. The van der Waals surface area contributed by atoms with Crippen molar-refractivity contribution in [2.75, 3.05) is 0 Å². The van der Waals surface area contributed by atoms with Crippen LogP contribution >= 0.6 is 0 Å². The molecule has 0 saturated heterocycles. The van der Waals surface area contributed by atoms with E-state index in [0.29, 0.717) is 0 Å². The highest BCUT2D eigenvalue weighted by Crippen LogP contribution is 1.97. The number of hydrogen-bond donors (Lipinski definition) is 4. The zero-order valence-corrected chi connectivity index (χ0v) is 6.68. The molecule has 0 atom stereocenters. The molecule has 0 bridgehead atoms. The van der Waals surface area contributed by atoms with Gasteiger partial charge in [-0.3, -0.25) is 9.59 Å². The van der Waals surface area contributed by atoms with Crippen LogP contribution in [0.2, 0.25) is 0 Å². The molecule has 0 aromatic carbocycles. The predicted octanol–water partition coefficient (Wildman–Crippen LogP) is -2.14. The summed E-state index contributed by atoms with van der Waals surface area (Å²) < 4.78 is 0. The lowest BCUT2D eigenvalue weighted by Gasteiger charge is -2.04. The van der Waals surface area contributed by atoms with Crippen LogP contribution in [0.5, 0.6) is 0 Å². The summed E-state index contributed by atoms with van der Waals surface area (Å²) in [5, 5.41) is 20.2. The second-order valence-corrected chi connectivity index (χ2v) is 1.88. The Morgan fingerprint density at radius 3 is 1.29 bits per heavy atom. The van der Waals surface area contributed by atoms with E-state index in [1.165, 1.54) is 0 Å². The summed E-state index contributed by atoms with van der Waals surface area (Å²) in [4.78, 5) is 40.7. The van der Waals surface area contributed by atoms with E-state index in [4.69, 9.17) is 10.2 Å². The molecule has 0 aromatic rings. The van der Waals surface area contributed by atoms with Crippen molar-refractivity contribution < 1.29 is 29.4 Å². The van der Waals surface area contributed by atoms with Crippen LogP contribution in [0.4, 0.5) is 0 Å². The van der Waals surface area contributed by atoms with Crippen molar-refractivity contribution in [1.29, 1.82) is 0 Å². The van der Waals surface area contributed by atoms with Gasteiger partial charge in [-0.05, 0) is 0 Å². The number of nitrogens with one attached hydrogen (secondary N) is 2. The van der Waals surface area contributed by atoms with Crippen LogP contribution in [0.3, 0.4) is 0 Å². The third kappa shape index (κ3) is 2.93. The molecule has 0 aliphatic rings. The molecule has 76 valence electrons. The van der Waals surface area contributed by atoms with Gasteiger partial charge in [-0.1, -0.05) is 0 Å². The Morgan fingerprint density at radius 2 is 1.14 bits per heavy atom. The fourth-order valence-corrected chi connectivity index (χ4v) is 0.600. The van der Waals surface area contributed by atoms with Crippen molar-refractivity contribution in [1.82, 2.24) is 10.6 Å². The van der Waals surface area contributed by atoms with E-state index in [-0.39, 0.29) is 12.8 Å². The summed E-state index contributed by atoms with van der Waals surface area (Å²) in [5.74, 6) is -3.35. The van der Waals surface area contributed by atoms with Gasteiger partial charge in [0.1, 0.15) is 0 Å². The third-order valence-corrected chi connectivity index (χ3v) is 1.08. The van der Waals surface area contributed by atoms with Gasteiger partial charge in [-0.2, -0.15) is 0 Å². The highest BCUT2D eigenvalue weighted by atomic mass is 16.4. The Balaban J connectivity index is 5.23. The predicted molar refractivity (Wildman–Crippen MR) is 40.7 cm³/mol. The van der Waals surface area contributed by atoms with Gasteiger partial charge >= 0.3 is 11.9 Å². The fraction of sp³-hybridized carbons (Fsp3) is 0. The van der Waals surface area contributed by atoms with Crippen LogP contribution < -0.4 is 10.6 Å². The number of rotatable bonds is 6. The van der Waals surface area contributed by atoms with Crippen LogP contribution in [0.25, 0.3) is 0 Å². The van der Waals surface area contributed by atoms with Gasteiger partial charge in [0.2, 0.25) is 12.8 Å². The van der Waals surface area contributed by atoms with Crippen LogP contribution in [-0.4, -0.2) is 35.0 Å². The first-order valence-electron chi connectivity index (χ1n) is 3.15. The van der Waals surface area contributed by atoms with Gasteiger partial charge < -0.3 is 20.8 Å². The molecule has 0 saturated carbocycles. The second kappa shape index (κ2) is 5.30. The Bertz CT molecular complexity index is 277. The van der Waals surface area contributed by atoms with Crippen LogP contribution in [-0.2, 0) is 19.2 Å². The van der Waals surface area contributed by atoms with Crippen molar-refractivity contribution in [3.8, 4) is 0 Å². The van der Waals surface area contributed by atoms with Crippen molar-refractivity contribution in [2.24, 2.45) is 0 Å². The molecular formula is C6H6N2O6. The quantitative estimate of drug-likeness (QED) is 0.287. The first-order chi connectivity index (χ1) is 6.54. The Morgan fingerprint density at radius 1 is 0.857 bits per heavy atom. The monoisotopic (exact) mass is 202 g/mol. The maximum absolute atomic E-state index is 10.4. The highest BCUT2D eigenvalue weighted by Gasteiger charge is 2.19. The average molecular weight is 202 g/mol. The summed E-state index contributed by atoms with van der Waals surface area (Å²) >= 11 is 0. The molecule has 0 aliphatic carbocycles. The number of aliphatic carboxylic acids is 2. The largest absolute Gasteiger partial charge is 0.477 e. The van der Waals surface area contributed by atoms with Crippen LogP contribution in [0, 0.1) is 0 Å². The first kappa shape index (κ1) is 11.6. The van der Waals surface area contributed by atoms with Gasteiger partial charge in [0.05, 0.1) is 0 Å². The van der Waals surface area contributed by atoms with Gasteiger partial charge in [-0.25, -0.2) is 9.59 Å². The zero-order chi connectivity index (χ0) is 11.1. The molecule has 14 heavy (non-hydrogen) atoms. The van der Waals surface area contributed by atoms with Crippen molar-refractivity contribution in [2.45, 2.75) is 0 Å². The molecule has 2 amide bonds. The van der Waals surface area contributed by atoms with E-state index in [9.17, 15) is 19.2 Å². The number of hydrogen-bond acceptors (Lipinski definition) is 4. The molecule has 8 nitrogen and oxygen atoms in total. The van der Waals surface area contributed by atoms with Gasteiger partial charge in [0.15, 0.2) is 11.4 Å². The molecular weight excluding hydrogens is 196 g/mol. The minimum absolute atomic E-state index is 0.0150. The Hall–Kier alpha value is -2.38. The number of carbonyl (C=O) groups is 4. The lowest BCUT2D eigenvalue weighted by atomic mass is 10.3. The highest BCUT2D eigenvalue weighted by molar-refractivity contribution is 6.00. The second-order valence-electron chi connectivity index (χ2n) is 1.88. The molecule has 0 spiro atoms. The summed E-state index contributed by atoms with van der Waals surface area (Å²) in [6.07, 6.45) is -0.0300. The number of carboxylic acid groups (broad SMARTS) is 2. The number of amides is 2. The van der Waals surface area contributed by atoms with Gasteiger partial charge in [-0.15, -0.1) is 0 Å². The minimum atomic E-state index is -1.68. The lowest BCUT2D eigenvalue weighted by Crippen LogP contribution is -2.30. The zero-order valence-electron chi connectivity index (χ0n) is 6.68. The molecule has 0 fully saturated rings. The van der Waals surface area contributed by atoms with E-state index in [1.807, 2.05) is 0 Å². The Labute approximate surface area is 77.2 Å². The van der Waals surface area contributed by atoms with Crippen LogP contribution in [0.15, 0.2) is 11.4 Å². The summed E-state index contributed by atoms with van der Waals surface area (Å²) in [6.45, 7) is 0. The van der Waals surface area contributed by atoms with Crippen molar-refractivity contribution in [3.63, 3.8) is 0 Å². The smallest absolute Gasteiger partial charge is 0.354 e. The standard InChI is InChI=1S/C6H6N2O6/c9-1-7-3(5(11)12)4(6(13)14)8-2-10/h1-2H,(H,7,9)(H,8,10)(H,11,12)(H,13,14)/b4-3-. The number of carboxylic acids is 2. The molecule has 0 aromatic heterocycles. The lowest BCUT2D eigenvalue weighted by molar-refractivity contribution is -0.137. The third-order valence-electron chi connectivity index (χ3n) is 1.08. The van der Waals surface area contributed by atoms with E-state index in [0.717, 1.165) is 0 Å². The fourth-order valence-electron chi connectivity index (χ4n) is 0.600. The van der Waals surface area contributed by atoms with Gasteiger partial charge in [0, 0.05) is 0 Å². The molecule has 0 unspecified atom stereocenters. The minimum Gasteiger partial charge on any atom is -0.477 e. The Kier molecular flexibility index (Phi) is 4.40. The van der Waals surface area contributed by atoms with Crippen molar-refractivity contribution in [3.05, 3.63) is 11.4 Å². The molecule has 0 heterocycles. The van der Waals surface area contributed by atoms with Gasteiger partial charge in [0.25, 0.3) is 0 Å². The average Bonchev–Trinajstić information content (AvgIpc) is 2.10. The molecule has 4 N–H and O–H groups in total. The maximum Gasteiger partial charge on any atom is 0.354 e. The van der Waals surface area contributed by atoms with E-state index >= 15 is 0 Å². The maximum atomic E-state index is 10.4. The first-order valence-corrected chi connectivity index (χ1v) is 3.15. The topological polar surface area (TPSA) is 133 Å². The van der Waals surface area contributed by atoms with E-state index in [1.54, 1.807) is 10.6 Å². The molecule has 0 aliphatic heterocycles. The normalized spacial score (nSPS) is 10.9.